The van der Waals surface area contributed by atoms with Crippen LogP contribution >= 0.6 is 0 Å². The van der Waals surface area contributed by atoms with Gasteiger partial charge in [0.2, 0.25) is 5.91 Å². The van der Waals surface area contributed by atoms with Gasteiger partial charge in [-0.1, -0.05) is 18.2 Å². The van der Waals surface area contributed by atoms with E-state index >= 15 is 0 Å². The second kappa shape index (κ2) is 5.65. The van der Waals surface area contributed by atoms with Crippen molar-refractivity contribution in [1.29, 1.82) is 0 Å². The predicted octanol–water partition coefficient (Wildman–Crippen LogP) is 4.32. The number of nitrogens with one attached hydrogen (secondary N) is 1. The molecule has 124 valence electrons. The van der Waals surface area contributed by atoms with Gasteiger partial charge >= 0.3 is 0 Å². The summed E-state index contributed by atoms with van der Waals surface area (Å²) >= 11 is 0. The van der Waals surface area contributed by atoms with E-state index in [4.69, 9.17) is 0 Å². The van der Waals surface area contributed by atoms with E-state index in [1.807, 2.05) is 0 Å². The van der Waals surface area contributed by atoms with Gasteiger partial charge in [0, 0.05) is 12.0 Å². The van der Waals surface area contributed by atoms with Crippen molar-refractivity contribution in [1.82, 2.24) is 5.32 Å². The summed E-state index contributed by atoms with van der Waals surface area (Å²) in [5, 5.41) is 3.48. The van der Waals surface area contributed by atoms with Gasteiger partial charge in [0.1, 0.15) is 0 Å². The molecule has 5 rings (SSSR count). The van der Waals surface area contributed by atoms with Crippen LogP contribution in [-0.2, 0) is 11.2 Å². The first kappa shape index (κ1) is 15.2. The molecule has 1 amide bonds. The molecule has 0 unspecified atom stereocenters. The molecule has 23 heavy (non-hydrogen) atoms. The molecular formula is C21H29NO. The molecule has 2 heteroatoms. The Kier molecular flexibility index (Phi) is 3.74. The molecule has 0 radical (unpaired) electrons. The van der Waals surface area contributed by atoms with Gasteiger partial charge < -0.3 is 5.32 Å². The summed E-state index contributed by atoms with van der Waals surface area (Å²) < 4.78 is 0. The van der Waals surface area contributed by atoms with Crippen molar-refractivity contribution in [3.8, 4) is 0 Å². The lowest BCUT2D eigenvalue weighted by molar-refractivity contribution is -0.126. The molecule has 4 fully saturated rings. The van der Waals surface area contributed by atoms with Crippen molar-refractivity contribution in [3.63, 3.8) is 0 Å². The Morgan fingerprint density at radius 2 is 1.65 bits per heavy atom. The van der Waals surface area contributed by atoms with Crippen LogP contribution in [0.3, 0.4) is 0 Å². The Morgan fingerprint density at radius 1 is 1.04 bits per heavy atom. The van der Waals surface area contributed by atoms with Gasteiger partial charge in [-0.25, -0.2) is 0 Å². The van der Waals surface area contributed by atoms with Crippen LogP contribution in [0.15, 0.2) is 18.2 Å². The minimum absolute atomic E-state index is 0.162. The largest absolute Gasteiger partial charge is 0.351 e. The highest BCUT2D eigenvalue weighted by Gasteiger charge is 2.51. The van der Waals surface area contributed by atoms with E-state index in [2.05, 4.69) is 37.4 Å². The van der Waals surface area contributed by atoms with Crippen molar-refractivity contribution in [3.05, 3.63) is 34.9 Å². The number of benzene rings is 1. The SMILES string of the molecule is Cc1ccc(CCC(=O)NC23CC4CC(CC(C4)C2)C3)cc1C. The van der Waals surface area contributed by atoms with Crippen LogP contribution in [0.4, 0.5) is 0 Å². The Labute approximate surface area is 140 Å². The molecule has 4 aliphatic carbocycles. The maximum Gasteiger partial charge on any atom is 0.220 e. The third-order valence-corrected chi connectivity index (χ3v) is 6.65. The molecule has 0 atom stereocenters. The second-order valence-electron chi connectivity index (χ2n) is 8.66. The number of carbonyl (C=O) groups is 1. The van der Waals surface area contributed by atoms with Crippen LogP contribution < -0.4 is 5.32 Å². The summed E-state index contributed by atoms with van der Waals surface area (Å²) in [7, 11) is 0. The molecule has 4 saturated carbocycles. The number of aryl methyl sites for hydroxylation is 3. The zero-order chi connectivity index (χ0) is 16.0. The fourth-order valence-corrected chi connectivity index (χ4v) is 5.84. The lowest BCUT2D eigenvalue weighted by Gasteiger charge is -2.56. The number of carbonyl (C=O) groups excluding carboxylic acids is 1. The average Bonchev–Trinajstić information content (AvgIpc) is 2.46. The predicted molar refractivity (Wildman–Crippen MR) is 93.3 cm³/mol. The summed E-state index contributed by atoms with van der Waals surface area (Å²) in [5.74, 6) is 2.94. The van der Waals surface area contributed by atoms with Crippen LogP contribution in [0.25, 0.3) is 0 Å². The first-order valence-corrected chi connectivity index (χ1v) is 9.38. The molecule has 2 nitrogen and oxygen atoms in total. The van der Waals surface area contributed by atoms with Crippen molar-refractivity contribution in [2.75, 3.05) is 0 Å². The van der Waals surface area contributed by atoms with Gasteiger partial charge in [-0.2, -0.15) is 0 Å². The molecule has 0 aromatic heterocycles. The first-order chi connectivity index (χ1) is 11.0. The van der Waals surface area contributed by atoms with Gasteiger partial charge in [-0.15, -0.1) is 0 Å². The van der Waals surface area contributed by atoms with E-state index in [0.29, 0.717) is 6.42 Å². The maximum absolute atomic E-state index is 12.5. The fourth-order valence-electron chi connectivity index (χ4n) is 5.84. The molecule has 0 spiro atoms. The highest BCUT2D eigenvalue weighted by molar-refractivity contribution is 5.77. The minimum Gasteiger partial charge on any atom is -0.351 e. The highest BCUT2D eigenvalue weighted by Crippen LogP contribution is 2.55. The van der Waals surface area contributed by atoms with Crippen LogP contribution in [0.5, 0.6) is 0 Å². The standard InChI is InChI=1S/C21H29NO/c1-14-3-4-16(7-15(14)2)5-6-20(23)22-21-11-17-8-18(12-21)10-19(9-17)13-21/h3-4,7,17-19H,5-6,8-13H2,1-2H3,(H,22,23). The molecular weight excluding hydrogens is 282 g/mol. The quantitative estimate of drug-likeness (QED) is 0.881. The van der Waals surface area contributed by atoms with Gasteiger partial charge in [0.25, 0.3) is 0 Å². The van der Waals surface area contributed by atoms with Crippen LogP contribution in [-0.4, -0.2) is 11.4 Å². The van der Waals surface area contributed by atoms with Gasteiger partial charge in [-0.3, -0.25) is 4.79 Å². The monoisotopic (exact) mass is 311 g/mol. The van der Waals surface area contributed by atoms with E-state index in [0.717, 1.165) is 24.2 Å². The zero-order valence-corrected chi connectivity index (χ0v) is 14.5. The highest BCUT2D eigenvalue weighted by atomic mass is 16.1. The van der Waals surface area contributed by atoms with E-state index in [1.54, 1.807) is 0 Å². The average molecular weight is 311 g/mol. The van der Waals surface area contributed by atoms with Crippen LogP contribution in [0.1, 0.15) is 61.6 Å². The van der Waals surface area contributed by atoms with E-state index in [-0.39, 0.29) is 11.4 Å². The molecule has 4 bridgehead atoms. The van der Waals surface area contributed by atoms with Gasteiger partial charge in [0.15, 0.2) is 0 Å². The van der Waals surface area contributed by atoms with Gasteiger partial charge in [0.05, 0.1) is 0 Å². The Hall–Kier alpha value is -1.31. The minimum atomic E-state index is 0.162. The summed E-state index contributed by atoms with van der Waals surface area (Å²) in [6.45, 7) is 4.28. The number of hydrogen-bond donors (Lipinski definition) is 1. The topological polar surface area (TPSA) is 29.1 Å². The number of amides is 1. The lowest BCUT2D eigenvalue weighted by Crippen LogP contribution is -2.59. The molecule has 0 saturated heterocycles. The Balaban J connectivity index is 1.36. The third-order valence-electron chi connectivity index (χ3n) is 6.65. The van der Waals surface area contributed by atoms with E-state index in [9.17, 15) is 4.79 Å². The summed E-state index contributed by atoms with van der Waals surface area (Å²) in [6, 6.07) is 6.56. The van der Waals surface area contributed by atoms with Crippen LogP contribution in [0.2, 0.25) is 0 Å². The maximum atomic E-state index is 12.5. The Morgan fingerprint density at radius 3 is 2.22 bits per heavy atom. The normalized spacial score (nSPS) is 34.6. The molecule has 1 aromatic carbocycles. The first-order valence-electron chi connectivity index (χ1n) is 9.38. The summed E-state index contributed by atoms with van der Waals surface area (Å²) in [6.07, 6.45) is 9.51. The second-order valence-corrected chi connectivity index (χ2v) is 8.66. The van der Waals surface area contributed by atoms with E-state index < -0.39 is 0 Å². The molecule has 4 aliphatic rings. The van der Waals surface area contributed by atoms with Crippen molar-refractivity contribution in [2.24, 2.45) is 17.8 Å². The lowest BCUT2D eigenvalue weighted by atomic mass is 9.53. The molecule has 1 aromatic rings. The number of rotatable bonds is 4. The van der Waals surface area contributed by atoms with Crippen LogP contribution in [0, 0.1) is 31.6 Å². The Bertz CT molecular complexity index is 583. The van der Waals surface area contributed by atoms with Crippen molar-refractivity contribution >= 4 is 5.91 Å². The van der Waals surface area contributed by atoms with Gasteiger partial charge in [-0.05, 0) is 93.2 Å². The summed E-state index contributed by atoms with van der Waals surface area (Å²) in [4.78, 5) is 12.5. The van der Waals surface area contributed by atoms with Crippen molar-refractivity contribution < 1.29 is 4.79 Å². The molecule has 1 N–H and O–H groups in total. The smallest absolute Gasteiger partial charge is 0.220 e. The number of hydrogen-bond acceptors (Lipinski definition) is 1. The van der Waals surface area contributed by atoms with Crippen molar-refractivity contribution in [2.45, 2.75) is 70.8 Å². The van der Waals surface area contributed by atoms with E-state index in [1.165, 1.54) is 55.2 Å². The molecule has 0 heterocycles. The zero-order valence-electron chi connectivity index (χ0n) is 14.5. The summed E-state index contributed by atoms with van der Waals surface area (Å²) in [5.41, 5.74) is 4.10. The third kappa shape index (κ3) is 3.05. The molecule has 0 aliphatic heterocycles. The fraction of sp³-hybridized carbons (Fsp3) is 0.667.